The fourth-order valence-electron chi connectivity index (χ4n) is 2.73. The van der Waals surface area contributed by atoms with E-state index in [1.807, 2.05) is 6.07 Å². The number of thiophene rings is 1. The summed E-state index contributed by atoms with van der Waals surface area (Å²) in [6, 6.07) is 9.12. The number of nitrogens with zero attached hydrogens (tertiary/aromatic N) is 1. The second kappa shape index (κ2) is 5.48. The number of hydrogen-bond donors (Lipinski definition) is 1. The monoisotopic (exact) mass is 316 g/mol. The molecule has 2 nitrogen and oxygen atoms in total. The normalized spacial score (nSPS) is 14.9. The van der Waals surface area contributed by atoms with E-state index < -0.39 is 0 Å². The van der Waals surface area contributed by atoms with Crippen LogP contribution in [0.3, 0.4) is 0 Å². The Balaban J connectivity index is 1.71. The van der Waals surface area contributed by atoms with E-state index in [0.29, 0.717) is 0 Å². The lowest BCUT2D eigenvalue weighted by Gasteiger charge is -2.03. The molecule has 0 spiro atoms. The van der Waals surface area contributed by atoms with Crippen LogP contribution in [0.25, 0.3) is 10.9 Å². The van der Waals surface area contributed by atoms with Gasteiger partial charge in [-0.2, -0.15) is 11.3 Å². The summed E-state index contributed by atoms with van der Waals surface area (Å²) in [5.41, 5.74) is 3.93. The minimum atomic E-state index is 0.729. The first-order chi connectivity index (χ1) is 10.3. The van der Waals surface area contributed by atoms with Crippen molar-refractivity contribution in [2.45, 2.75) is 32.0 Å². The maximum Gasteiger partial charge on any atom is 0.0501 e. The summed E-state index contributed by atoms with van der Waals surface area (Å²) in [7, 11) is 0. The number of fused-ring (bicyclic) bond motifs is 1. The fraction of sp³-hybridized carbons (Fsp3) is 0.294. The average Bonchev–Trinajstić information content (AvgIpc) is 3.06. The molecule has 4 heteroatoms. The smallest absolute Gasteiger partial charge is 0.0501 e. The maximum absolute atomic E-state index is 6.19. The van der Waals surface area contributed by atoms with E-state index in [0.717, 1.165) is 24.2 Å². The summed E-state index contributed by atoms with van der Waals surface area (Å²) in [4.78, 5) is 0. The molecule has 0 radical (unpaired) electrons. The lowest BCUT2D eigenvalue weighted by molar-refractivity contribution is 0.687. The molecule has 1 aliphatic rings. The molecule has 1 N–H and O–H groups in total. The van der Waals surface area contributed by atoms with E-state index in [-0.39, 0.29) is 0 Å². The molecular formula is C17H17ClN2S. The van der Waals surface area contributed by atoms with Crippen LogP contribution >= 0.6 is 22.9 Å². The van der Waals surface area contributed by atoms with Crippen molar-refractivity contribution in [2.75, 3.05) is 0 Å². The standard InChI is InChI=1S/C17H17ClN2S/c18-14-1-4-16-13(8-19-15-2-3-15)10-20(17(16)7-14)9-12-5-6-21-11-12/h1,4-7,10-11,15,19H,2-3,8-9H2. The Labute approximate surface area is 133 Å². The van der Waals surface area contributed by atoms with Gasteiger partial charge in [-0.1, -0.05) is 17.7 Å². The minimum absolute atomic E-state index is 0.729. The Kier molecular flexibility index (Phi) is 3.49. The molecule has 0 aliphatic heterocycles. The number of nitrogens with one attached hydrogen (secondary N) is 1. The number of halogens is 1. The second-order valence-corrected chi connectivity index (χ2v) is 6.95. The van der Waals surface area contributed by atoms with Gasteiger partial charge in [0.25, 0.3) is 0 Å². The van der Waals surface area contributed by atoms with Crippen molar-refractivity contribution in [3.05, 3.63) is 57.4 Å². The molecule has 0 amide bonds. The highest BCUT2D eigenvalue weighted by Crippen LogP contribution is 2.27. The van der Waals surface area contributed by atoms with Crippen molar-refractivity contribution in [2.24, 2.45) is 0 Å². The summed E-state index contributed by atoms with van der Waals surface area (Å²) >= 11 is 7.94. The molecule has 2 aromatic heterocycles. The van der Waals surface area contributed by atoms with Gasteiger partial charge in [0.05, 0.1) is 5.52 Å². The molecule has 21 heavy (non-hydrogen) atoms. The molecule has 1 fully saturated rings. The second-order valence-electron chi connectivity index (χ2n) is 5.73. The van der Waals surface area contributed by atoms with Crippen LogP contribution in [-0.2, 0) is 13.1 Å². The van der Waals surface area contributed by atoms with Gasteiger partial charge < -0.3 is 9.88 Å². The number of hydrogen-bond acceptors (Lipinski definition) is 2. The van der Waals surface area contributed by atoms with Crippen molar-refractivity contribution in [3.8, 4) is 0 Å². The van der Waals surface area contributed by atoms with Crippen molar-refractivity contribution >= 4 is 33.8 Å². The molecule has 0 unspecified atom stereocenters. The predicted octanol–water partition coefficient (Wildman–Crippen LogP) is 4.66. The lowest BCUT2D eigenvalue weighted by Crippen LogP contribution is -2.14. The summed E-state index contributed by atoms with van der Waals surface area (Å²) in [6.07, 6.45) is 4.91. The van der Waals surface area contributed by atoms with Crippen LogP contribution in [0.4, 0.5) is 0 Å². The Morgan fingerprint density at radius 2 is 2.19 bits per heavy atom. The molecule has 0 bridgehead atoms. The van der Waals surface area contributed by atoms with Crippen molar-refractivity contribution in [1.29, 1.82) is 0 Å². The average molecular weight is 317 g/mol. The van der Waals surface area contributed by atoms with Gasteiger partial charge in [-0.15, -0.1) is 0 Å². The van der Waals surface area contributed by atoms with Crippen molar-refractivity contribution < 1.29 is 0 Å². The van der Waals surface area contributed by atoms with Crippen LogP contribution in [0, 0.1) is 0 Å². The summed E-state index contributed by atoms with van der Waals surface area (Å²) in [5, 5.41) is 10.1. The zero-order valence-corrected chi connectivity index (χ0v) is 13.3. The molecule has 1 saturated carbocycles. The van der Waals surface area contributed by atoms with Gasteiger partial charge in [0.1, 0.15) is 0 Å². The first-order valence-electron chi connectivity index (χ1n) is 7.31. The van der Waals surface area contributed by atoms with Crippen LogP contribution in [0.1, 0.15) is 24.0 Å². The van der Waals surface area contributed by atoms with E-state index in [1.54, 1.807) is 11.3 Å². The molecule has 3 aromatic rings. The quantitative estimate of drug-likeness (QED) is 0.724. The predicted molar refractivity (Wildman–Crippen MR) is 90.2 cm³/mol. The van der Waals surface area contributed by atoms with E-state index in [2.05, 4.69) is 45.0 Å². The first kappa shape index (κ1) is 13.4. The molecule has 0 saturated heterocycles. The third-order valence-electron chi connectivity index (χ3n) is 4.02. The lowest BCUT2D eigenvalue weighted by atomic mass is 10.2. The van der Waals surface area contributed by atoms with Crippen LogP contribution in [-0.4, -0.2) is 10.6 Å². The van der Waals surface area contributed by atoms with E-state index in [9.17, 15) is 0 Å². The molecule has 1 aromatic carbocycles. The summed E-state index contributed by atoms with van der Waals surface area (Å²) < 4.78 is 2.31. The number of aromatic nitrogens is 1. The van der Waals surface area contributed by atoms with Crippen LogP contribution in [0.2, 0.25) is 5.02 Å². The van der Waals surface area contributed by atoms with Gasteiger partial charge >= 0.3 is 0 Å². The Morgan fingerprint density at radius 1 is 1.29 bits per heavy atom. The Morgan fingerprint density at radius 3 is 2.95 bits per heavy atom. The van der Waals surface area contributed by atoms with Crippen LogP contribution in [0.15, 0.2) is 41.2 Å². The SMILES string of the molecule is Clc1ccc2c(CNC3CC3)cn(Cc3ccsc3)c2c1. The topological polar surface area (TPSA) is 17.0 Å². The highest BCUT2D eigenvalue weighted by atomic mass is 35.5. The number of rotatable bonds is 5. The van der Waals surface area contributed by atoms with E-state index >= 15 is 0 Å². The molecular weight excluding hydrogens is 300 g/mol. The van der Waals surface area contributed by atoms with Gasteiger partial charge in [-0.3, -0.25) is 0 Å². The van der Waals surface area contributed by atoms with Gasteiger partial charge in [-0.25, -0.2) is 0 Å². The maximum atomic E-state index is 6.19. The summed E-state index contributed by atoms with van der Waals surface area (Å²) in [5.74, 6) is 0. The molecule has 4 rings (SSSR count). The van der Waals surface area contributed by atoms with Gasteiger partial charge in [-0.05, 0) is 52.9 Å². The van der Waals surface area contributed by atoms with E-state index in [4.69, 9.17) is 11.6 Å². The zero-order valence-electron chi connectivity index (χ0n) is 11.7. The van der Waals surface area contributed by atoms with Crippen molar-refractivity contribution in [1.82, 2.24) is 9.88 Å². The Bertz CT molecular complexity index is 757. The fourth-order valence-corrected chi connectivity index (χ4v) is 3.56. The summed E-state index contributed by atoms with van der Waals surface area (Å²) in [6.45, 7) is 1.85. The van der Waals surface area contributed by atoms with E-state index in [1.165, 1.54) is 34.9 Å². The third-order valence-corrected chi connectivity index (χ3v) is 4.99. The molecule has 2 heterocycles. The first-order valence-corrected chi connectivity index (χ1v) is 8.63. The van der Waals surface area contributed by atoms with Crippen LogP contribution < -0.4 is 5.32 Å². The molecule has 1 aliphatic carbocycles. The van der Waals surface area contributed by atoms with Gasteiger partial charge in [0.2, 0.25) is 0 Å². The molecule has 108 valence electrons. The Hall–Kier alpha value is -1.29. The number of benzene rings is 1. The highest BCUT2D eigenvalue weighted by Gasteiger charge is 2.21. The highest BCUT2D eigenvalue weighted by molar-refractivity contribution is 7.07. The van der Waals surface area contributed by atoms with Crippen LogP contribution in [0.5, 0.6) is 0 Å². The van der Waals surface area contributed by atoms with Gasteiger partial charge in [0, 0.05) is 35.7 Å². The molecule has 0 atom stereocenters. The third kappa shape index (κ3) is 2.86. The van der Waals surface area contributed by atoms with Gasteiger partial charge in [0.15, 0.2) is 0 Å². The minimum Gasteiger partial charge on any atom is -0.343 e. The van der Waals surface area contributed by atoms with Crippen molar-refractivity contribution in [3.63, 3.8) is 0 Å². The zero-order chi connectivity index (χ0) is 14.2. The largest absolute Gasteiger partial charge is 0.343 e.